The lowest BCUT2D eigenvalue weighted by Gasteiger charge is -2.08. The van der Waals surface area contributed by atoms with E-state index in [2.05, 4.69) is 10.6 Å². The van der Waals surface area contributed by atoms with Crippen molar-refractivity contribution in [3.05, 3.63) is 68.7 Å². The normalized spacial score (nSPS) is 10.3. The van der Waals surface area contributed by atoms with Crippen LogP contribution in [0.2, 0.25) is 5.02 Å². The van der Waals surface area contributed by atoms with Crippen molar-refractivity contribution >= 4 is 34.8 Å². The summed E-state index contributed by atoms with van der Waals surface area (Å²) in [6, 6.07) is 10.4. The van der Waals surface area contributed by atoms with Gasteiger partial charge in [0.2, 0.25) is 5.91 Å². The number of ether oxygens (including phenoxy) is 1. The van der Waals surface area contributed by atoms with Gasteiger partial charge in [0.15, 0.2) is 0 Å². The number of nitro benzene ring substituents is 1. The molecule has 0 saturated carbocycles. The summed E-state index contributed by atoms with van der Waals surface area (Å²) < 4.78 is 4.86. The van der Waals surface area contributed by atoms with E-state index in [1.807, 2.05) is 0 Å². The number of nitrogens with one attached hydrogen (secondary N) is 2. The molecule has 0 aliphatic rings. The first-order valence-electron chi connectivity index (χ1n) is 8.00. The molecule has 0 spiro atoms. The summed E-state index contributed by atoms with van der Waals surface area (Å²) in [5.74, 6) is -0.785. The fourth-order valence-electron chi connectivity index (χ4n) is 2.29. The van der Waals surface area contributed by atoms with Crippen molar-refractivity contribution in [2.45, 2.75) is 6.42 Å². The first kappa shape index (κ1) is 20.3. The first-order valence-corrected chi connectivity index (χ1v) is 8.38. The molecule has 0 radical (unpaired) electrons. The van der Waals surface area contributed by atoms with Gasteiger partial charge in [0.05, 0.1) is 18.0 Å². The number of carbonyl (C=O) groups excluding carboxylic acids is 2. The lowest BCUT2D eigenvalue weighted by Crippen LogP contribution is -2.28. The molecule has 0 bridgehead atoms. The predicted octanol–water partition coefficient (Wildman–Crippen LogP) is 2.81. The van der Waals surface area contributed by atoms with Crippen LogP contribution in [0.3, 0.4) is 0 Å². The smallest absolute Gasteiger partial charge is 0.282 e. The van der Waals surface area contributed by atoms with Crippen molar-refractivity contribution in [3.8, 4) is 0 Å². The zero-order valence-electron chi connectivity index (χ0n) is 14.5. The number of amides is 2. The second-order valence-electron chi connectivity index (χ2n) is 5.59. The average molecular weight is 392 g/mol. The summed E-state index contributed by atoms with van der Waals surface area (Å²) in [6.45, 7) is 0.869. The largest absolute Gasteiger partial charge is 0.383 e. The molecule has 0 aliphatic carbocycles. The van der Waals surface area contributed by atoms with Crippen LogP contribution in [-0.2, 0) is 16.0 Å². The summed E-state index contributed by atoms with van der Waals surface area (Å²) >= 11 is 5.83. The van der Waals surface area contributed by atoms with Crippen LogP contribution >= 0.6 is 11.6 Å². The minimum Gasteiger partial charge on any atom is -0.383 e. The molecule has 0 heterocycles. The molecule has 0 aliphatic heterocycles. The molecule has 2 aromatic carbocycles. The molecule has 2 rings (SSSR count). The molecule has 0 atom stereocenters. The Morgan fingerprint density at radius 3 is 2.52 bits per heavy atom. The van der Waals surface area contributed by atoms with E-state index in [-0.39, 0.29) is 28.6 Å². The van der Waals surface area contributed by atoms with Crippen LogP contribution < -0.4 is 10.6 Å². The van der Waals surface area contributed by atoms with Gasteiger partial charge in [-0.15, -0.1) is 0 Å². The number of rotatable bonds is 8. The number of carbonyl (C=O) groups is 2. The average Bonchev–Trinajstić information content (AvgIpc) is 2.63. The third-order valence-corrected chi connectivity index (χ3v) is 3.84. The fourth-order valence-corrected chi connectivity index (χ4v) is 2.47. The quantitative estimate of drug-likeness (QED) is 0.408. The van der Waals surface area contributed by atoms with Gasteiger partial charge < -0.3 is 15.4 Å². The van der Waals surface area contributed by atoms with Crippen LogP contribution in [0.25, 0.3) is 0 Å². The van der Waals surface area contributed by atoms with Crippen LogP contribution in [-0.4, -0.2) is 37.0 Å². The predicted molar refractivity (Wildman–Crippen MR) is 101 cm³/mol. The van der Waals surface area contributed by atoms with Gasteiger partial charge in [0.1, 0.15) is 5.56 Å². The minimum absolute atomic E-state index is 0.130. The standard InChI is InChI=1S/C18H18ClN3O5/c1-27-9-8-20-17(23)10-12-2-5-14(6-3-12)21-18(24)15-11-13(19)4-7-16(15)22(25)26/h2-7,11H,8-10H2,1H3,(H,20,23)(H,21,24). The number of halogens is 1. The summed E-state index contributed by atoms with van der Waals surface area (Å²) in [5, 5.41) is 16.6. The van der Waals surface area contributed by atoms with E-state index in [1.165, 1.54) is 18.2 Å². The van der Waals surface area contributed by atoms with Crippen molar-refractivity contribution in [1.29, 1.82) is 0 Å². The number of hydrogen-bond acceptors (Lipinski definition) is 5. The maximum atomic E-state index is 12.4. The van der Waals surface area contributed by atoms with Crippen molar-refractivity contribution < 1.29 is 19.2 Å². The van der Waals surface area contributed by atoms with Crippen molar-refractivity contribution in [2.75, 3.05) is 25.6 Å². The Hall–Kier alpha value is -2.97. The highest BCUT2D eigenvalue weighted by molar-refractivity contribution is 6.31. The van der Waals surface area contributed by atoms with Gasteiger partial charge in [-0.2, -0.15) is 0 Å². The number of nitro groups is 1. The number of nitrogens with zero attached hydrogens (tertiary/aromatic N) is 1. The van der Waals surface area contributed by atoms with E-state index in [0.29, 0.717) is 18.8 Å². The number of hydrogen-bond donors (Lipinski definition) is 2. The molecule has 142 valence electrons. The number of anilines is 1. The minimum atomic E-state index is -0.644. The molecule has 0 saturated heterocycles. The Morgan fingerprint density at radius 2 is 1.89 bits per heavy atom. The topological polar surface area (TPSA) is 111 Å². The van der Waals surface area contributed by atoms with Crippen LogP contribution in [0.4, 0.5) is 11.4 Å². The van der Waals surface area contributed by atoms with Gasteiger partial charge in [0.25, 0.3) is 11.6 Å². The van der Waals surface area contributed by atoms with Gasteiger partial charge in [-0.3, -0.25) is 19.7 Å². The zero-order chi connectivity index (χ0) is 19.8. The summed E-state index contributed by atoms with van der Waals surface area (Å²) in [5.41, 5.74) is 0.741. The number of benzene rings is 2. The molecule has 0 aromatic heterocycles. The van der Waals surface area contributed by atoms with E-state index < -0.39 is 10.8 Å². The van der Waals surface area contributed by atoms with E-state index in [1.54, 1.807) is 31.4 Å². The lowest BCUT2D eigenvalue weighted by molar-refractivity contribution is -0.385. The van der Waals surface area contributed by atoms with Gasteiger partial charge in [-0.25, -0.2) is 0 Å². The molecule has 2 amide bonds. The van der Waals surface area contributed by atoms with Crippen molar-refractivity contribution in [1.82, 2.24) is 5.32 Å². The summed E-state index contributed by atoms with van der Waals surface area (Å²) in [7, 11) is 1.55. The Labute approximate surface area is 160 Å². The maximum absolute atomic E-state index is 12.4. The zero-order valence-corrected chi connectivity index (χ0v) is 15.3. The third-order valence-electron chi connectivity index (χ3n) is 3.60. The molecule has 0 unspecified atom stereocenters. The Balaban J connectivity index is 2.02. The van der Waals surface area contributed by atoms with Gasteiger partial charge in [0, 0.05) is 30.4 Å². The molecule has 27 heavy (non-hydrogen) atoms. The second kappa shape index (κ2) is 9.65. The summed E-state index contributed by atoms with van der Waals surface area (Å²) in [6.07, 6.45) is 0.192. The van der Waals surface area contributed by atoms with Crippen LogP contribution in [0.5, 0.6) is 0 Å². The Morgan fingerprint density at radius 1 is 1.19 bits per heavy atom. The lowest BCUT2D eigenvalue weighted by atomic mass is 10.1. The first-order chi connectivity index (χ1) is 12.9. The maximum Gasteiger partial charge on any atom is 0.282 e. The second-order valence-corrected chi connectivity index (χ2v) is 6.03. The van der Waals surface area contributed by atoms with E-state index in [9.17, 15) is 19.7 Å². The Bertz CT molecular complexity index is 839. The highest BCUT2D eigenvalue weighted by Crippen LogP contribution is 2.24. The van der Waals surface area contributed by atoms with Crippen LogP contribution in [0.15, 0.2) is 42.5 Å². The van der Waals surface area contributed by atoms with Crippen molar-refractivity contribution in [2.24, 2.45) is 0 Å². The Kier molecular flexibility index (Phi) is 7.27. The molecule has 2 aromatic rings. The molecule has 0 fully saturated rings. The SMILES string of the molecule is COCCNC(=O)Cc1ccc(NC(=O)c2cc(Cl)ccc2[N+](=O)[O-])cc1. The van der Waals surface area contributed by atoms with E-state index >= 15 is 0 Å². The molecule has 8 nitrogen and oxygen atoms in total. The van der Waals surface area contributed by atoms with E-state index in [4.69, 9.17) is 16.3 Å². The van der Waals surface area contributed by atoms with Crippen LogP contribution in [0, 0.1) is 10.1 Å². The van der Waals surface area contributed by atoms with Gasteiger partial charge in [-0.1, -0.05) is 23.7 Å². The third kappa shape index (κ3) is 6.05. The molecular formula is C18H18ClN3O5. The summed E-state index contributed by atoms with van der Waals surface area (Å²) in [4.78, 5) is 34.5. The van der Waals surface area contributed by atoms with Gasteiger partial charge >= 0.3 is 0 Å². The molecular weight excluding hydrogens is 374 g/mol. The molecule has 9 heteroatoms. The highest BCUT2D eigenvalue weighted by Gasteiger charge is 2.20. The number of methoxy groups -OCH3 is 1. The fraction of sp³-hybridized carbons (Fsp3) is 0.222. The van der Waals surface area contributed by atoms with E-state index in [0.717, 1.165) is 5.56 Å². The van der Waals surface area contributed by atoms with Crippen LogP contribution in [0.1, 0.15) is 15.9 Å². The molecule has 2 N–H and O–H groups in total. The monoisotopic (exact) mass is 391 g/mol. The van der Waals surface area contributed by atoms with Gasteiger partial charge in [-0.05, 0) is 29.8 Å². The van der Waals surface area contributed by atoms with Crippen molar-refractivity contribution in [3.63, 3.8) is 0 Å². The highest BCUT2D eigenvalue weighted by atomic mass is 35.5.